The Morgan fingerprint density at radius 2 is 2.18 bits per heavy atom. The van der Waals surface area contributed by atoms with Gasteiger partial charge in [0.15, 0.2) is 5.82 Å². The summed E-state index contributed by atoms with van der Waals surface area (Å²) < 4.78 is 7.31. The minimum absolute atomic E-state index is 0.117. The maximum atomic E-state index is 5.45. The van der Waals surface area contributed by atoms with Gasteiger partial charge < -0.3 is 10.1 Å². The van der Waals surface area contributed by atoms with Gasteiger partial charge in [0.1, 0.15) is 6.33 Å². The van der Waals surface area contributed by atoms with Crippen LogP contribution in [0.1, 0.15) is 11.9 Å². The highest BCUT2D eigenvalue weighted by atomic mass is 16.5. The summed E-state index contributed by atoms with van der Waals surface area (Å²) in [5, 5.41) is 7.65. The molecule has 1 aromatic carbocycles. The summed E-state index contributed by atoms with van der Waals surface area (Å²) in [5.74, 6) is 0.899. The topological polar surface area (TPSA) is 52.0 Å². The highest BCUT2D eigenvalue weighted by Gasteiger charge is 2.21. The molecule has 0 saturated carbocycles. The number of hydrogen-bond donors (Lipinski definition) is 1. The van der Waals surface area contributed by atoms with Gasteiger partial charge in [0.05, 0.1) is 24.9 Å². The van der Waals surface area contributed by atoms with Gasteiger partial charge in [-0.2, -0.15) is 5.10 Å². The third-order valence-electron chi connectivity index (χ3n) is 2.81. The number of nitrogens with one attached hydrogen (secondary N) is 1. The van der Waals surface area contributed by atoms with Crippen LogP contribution in [0.15, 0.2) is 36.7 Å². The van der Waals surface area contributed by atoms with Crippen LogP contribution >= 0.6 is 0 Å². The SMILES string of the molecule is c1ccc(-n2ncnc2[C@@H]2COCCN2)cc1. The van der Waals surface area contributed by atoms with E-state index in [-0.39, 0.29) is 6.04 Å². The lowest BCUT2D eigenvalue weighted by atomic mass is 10.2. The average Bonchev–Trinajstić information content (AvgIpc) is 2.90. The van der Waals surface area contributed by atoms with Gasteiger partial charge in [-0.15, -0.1) is 0 Å². The molecule has 1 aliphatic rings. The van der Waals surface area contributed by atoms with Crippen LogP contribution in [0.5, 0.6) is 0 Å². The van der Waals surface area contributed by atoms with Gasteiger partial charge in [-0.25, -0.2) is 9.67 Å². The molecule has 5 nitrogen and oxygen atoms in total. The van der Waals surface area contributed by atoms with Crippen LogP contribution in [0.4, 0.5) is 0 Å². The first-order valence-corrected chi connectivity index (χ1v) is 5.71. The Balaban J connectivity index is 1.93. The number of para-hydroxylation sites is 1. The van der Waals surface area contributed by atoms with Crippen LogP contribution in [0, 0.1) is 0 Å². The molecule has 2 heterocycles. The highest BCUT2D eigenvalue weighted by molar-refractivity contribution is 5.31. The Morgan fingerprint density at radius 1 is 1.29 bits per heavy atom. The van der Waals surface area contributed by atoms with Crippen molar-refractivity contribution in [2.75, 3.05) is 19.8 Å². The number of rotatable bonds is 2. The molecule has 0 radical (unpaired) electrons. The summed E-state index contributed by atoms with van der Waals surface area (Å²) in [4.78, 5) is 4.33. The van der Waals surface area contributed by atoms with Crippen molar-refractivity contribution >= 4 is 0 Å². The quantitative estimate of drug-likeness (QED) is 0.833. The van der Waals surface area contributed by atoms with E-state index in [2.05, 4.69) is 15.4 Å². The van der Waals surface area contributed by atoms with Crippen molar-refractivity contribution in [3.05, 3.63) is 42.5 Å². The molecule has 1 N–H and O–H groups in total. The largest absolute Gasteiger partial charge is 0.378 e. The van der Waals surface area contributed by atoms with E-state index in [0.29, 0.717) is 6.61 Å². The monoisotopic (exact) mass is 230 g/mol. The minimum Gasteiger partial charge on any atom is -0.378 e. The maximum absolute atomic E-state index is 5.45. The zero-order valence-corrected chi connectivity index (χ0v) is 9.41. The second-order valence-corrected chi connectivity index (χ2v) is 3.95. The standard InChI is InChI=1S/C12H14N4O/c1-2-4-10(5-3-1)16-12(14-9-15-16)11-8-17-7-6-13-11/h1-5,9,11,13H,6-8H2/t11-/m0/s1. The van der Waals surface area contributed by atoms with E-state index in [1.807, 2.05) is 35.0 Å². The van der Waals surface area contributed by atoms with Crippen molar-refractivity contribution < 1.29 is 4.74 Å². The number of hydrogen-bond acceptors (Lipinski definition) is 4. The van der Waals surface area contributed by atoms with Gasteiger partial charge in [-0.3, -0.25) is 0 Å². The van der Waals surface area contributed by atoms with Crippen LogP contribution in [0.25, 0.3) is 5.69 Å². The molecule has 0 unspecified atom stereocenters. The van der Waals surface area contributed by atoms with E-state index >= 15 is 0 Å². The van der Waals surface area contributed by atoms with Crippen molar-refractivity contribution in [1.29, 1.82) is 0 Å². The molecule has 2 aromatic rings. The van der Waals surface area contributed by atoms with Crippen molar-refractivity contribution in [2.24, 2.45) is 0 Å². The number of benzene rings is 1. The van der Waals surface area contributed by atoms with E-state index in [9.17, 15) is 0 Å². The third-order valence-corrected chi connectivity index (χ3v) is 2.81. The summed E-state index contributed by atoms with van der Waals surface area (Å²) in [5.41, 5.74) is 1.02. The smallest absolute Gasteiger partial charge is 0.151 e. The summed E-state index contributed by atoms with van der Waals surface area (Å²) in [6, 6.07) is 10.1. The zero-order valence-electron chi connectivity index (χ0n) is 9.41. The number of aromatic nitrogens is 3. The predicted molar refractivity (Wildman–Crippen MR) is 62.9 cm³/mol. The first kappa shape index (κ1) is 10.4. The Labute approximate surface area is 99.4 Å². The lowest BCUT2D eigenvalue weighted by Crippen LogP contribution is -2.36. The molecular formula is C12H14N4O. The summed E-state index contributed by atoms with van der Waals surface area (Å²) in [7, 11) is 0. The van der Waals surface area contributed by atoms with Crippen LogP contribution < -0.4 is 5.32 Å². The predicted octanol–water partition coefficient (Wildman–Crippen LogP) is 0.928. The number of morpholine rings is 1. The van der Waals surface area contributed by atoms with Crippen molar-refractivity contribution in [1.82, 2.24) is 20.1 Å². The highest BCUT2D eigenvalue weighted by Crippen LogP contribution is 2.16. The number of ether oxygens (including phenoxy) is 1. The molecule has 5 heteroatoms. The lowest BCUT2D eigenvalue weighted by molar-refractivity contribution is 0.0735. The molecule has 0 amide bonds. The third kappa shape index (κ3) is 2.07. The fraction of sp³-hybridized carbons (Fsp3) is 0.333. The Bertz CT molecular complexity index is 476. The Kier molecular flexibility index (Phi) is 2.85. The molecule has 3 rings (SSSR count). The van der Waals surface area contributed by atoms with Crippen molar-refractivity contribution in [3.8, 4) is 5.69 Å². The molecular weight excluding hydrogens is 216 g/mol. The molecule has 1 saturated heterocycles. The molecule has 88 valence electrons. The molecule has 17 heavy (non-hydrogen) atoms. The number of nitrogens with zero attached hydrogens (tertiary/aromatic N) is 3. The fourth-order valence-corrected chi connectivity index (χ4v) is 1.99. The van der Waals surface area contributed by atoms with Gasteiger partial charge in [0.2, 0.25) is 0 Å². The molecule has 0 spiro atoms. The maximum Gasteiger partial charge on any atom is 0.151 e. The van der Waals surface area contributed by atoms with Crippen LogP contribution in [0.2, 0.25) is 0 Å². The molecule has 0 bridgehead atoms. The lowest BCUT2D eigenvalue weighted by Gasteiger charge is -2.23. The Morgan fingerprint density at radius 3 is 2.94 bits per heavy atom. The minimum atomic E-state index is 0.117. The van der Waals surface area contributed by atoms with Crippen LogP contribution in [-0.4, -0.2) is 34.5 Å². The van der Waals surface area contributed by atoms with E-state index in [4.69, 9.17) is 4.74 Å². The zero-order chi connectivity index (χ0) is 11.5. The molecule has 1 atom stereocenters. The summed E-state index contributed by atoms with van der Waals surface area (Å²) in [6.45, 7) is 2.26. The Hall–Kier alpha value is -1.72. The van der Waals surface area contributed by atoms with Gasteiger partial charge in [-0.1, -0.05) is 18.2 Å². The van der Waals surface area contributed by atoms with Crippen LogP contribution in [-0.2, 0) is 4.74 Å². The van der Waals surface area contributed by atoms with E-state index in [1.165, 1.54) is 0 Å². The molecule has 1 fully saturated rings. The van der Waals surface area contributed by atoms with Crippen LogP contribution in [0.3, 0.4) is 0 Å². The van der Waals surface area contributed by atoms with E-state index in [0.717, 1.165) is 24.7 Å². The fourth-order valence-electron chi connectivity index (χ4n) is 1.99. The van der Waals surface area contributed by atoms with Gasteiger partial charge in [-0.05, 0) is 12.1 Å². The van der Waals surface area contributed by atoms with E-state index in [1.54, 1.807) is 6.33 Å². The molecule has 0 aliphatic carbocycles. The van der Waals surface area contributed by atoms with E-state index < -0.39 is 0 Å². The van der Waals surface area contributed by atoms with Gasteiger partial charge in [0.25, 0.3) is 0 Å². The normalized spacial score (nSPS) is 20.4. The summed E-state index contributed by atoms with van der Waals surface area (Å²) >= 11 is 0. The molecule has 1 aromatic heterocycles. The first-order chi connectivity index (χ1) is 8.45. The second-order valence-electron chi connectivity index (χ2n) is 3.95. The van der Waals surface area contributed by atoms with Crippen molar-refractivity contribution in [2.45, 2.75) is 6.04 Å². The second kappa shape index (κ2) is 4.65. The van der Waals surface area contributed by atoms with Gasteiger partial charge >= 0.3 is 0 Å². The van der Waals surface area contributed by atoms with Crippen molar-refractivity contribution in [3.63, 3.8) is 0 Å². The average molecular weight is 230 g/mol. The molecule has 1 aliphatic heterocycles. The first-order valence-electron chi connectivity index (χ1n) is 5.71. The van der Waals surface area contributed by atoms with Gasteiger partial charge in [0, 0.05) is 6.54 Å². The summed E-state index contributed by atoms with van der Waals surface area (Å²) in [6.07, 6.45) is 1.58.